The van der Waals surface area contributed by atoms with E-state index in [2.05, 4.69) is 25.1 Å². The number of benzene rings is 1. The third-order valence-corrected chi connectivity index (χ3v) is 6.12. The van der Waals surface area contributed by atoms with Crippen LogP contribution in [0.25, 0.3) is 10.9 Å². The van der Waals surface area contributed by atoms with E-state index in [0.717, 1.165) is 31.2 Å². The van der Waals surface area contributed by atoms with Gasteiger partial charge in [0.2, 0.25) is 5.91 Å². The van der Waals surface area contributed by atoms with Gasteiger partial charge >= 0.3 is 0 Å². The molecular weight excluding hydrogens is 300 g/mol. The van der Waals surface area contributed by atoms with Crippen molar-refractivity contribution in [3.63, 3.8) is 0 Å². The number of hydrogen-bond donors (Lipinski definition) is 1. The fraction of sp³-hybridized carbons (Fsp3) is 0.550. The average molecular weight is 326 g/mol. The first-order chi connectivity index (χ1) is 11.6. The summed E-state index contributed by atoms with van der Waals surface area (Å²) in [5.74, 6) is 0.425. The highest BCUT2D eigenvalue weighted by atomic mass is 16.3. The maximum Gasteiger partial charge on any atom is 0.242 e. The second kappa shape index (κ2) is 5.92. The summed E-state index contributed by atoms with van der Waals surface area (Å²) in [4.78, 5) is 14.8. The molecule has 1 saturated carbocycles. The number of aryl methyl sites for hydroxylation is 1. The Labute approximate surface area is 143 Å². The third kappa shape index (κ3) is 2.63. The maximum atomic E-state index is 12.8. The second-order valence-electron chi connectivity index (χ2n) is 7.59. The normalized spacial score (nSPS) is 27.2. The molecule has 2 heterocycles. The van der Waals surface area contributed by atoms with Gasteiger partial charge in [-0.15, -0.1) is 0 Å². The fourth-order valence-corrected chi connectivity index (χ4v) is 4.56. The Bertz CT molecular complexity index is 766. The molecule has 2 atom stereocenters. The van der Waals surface area contributed by atoms with Crippen LogP contribution in [0.4, 0.5) is 0 Å². The van der Waals surface area contributed by atoms with E-state index in [9.17, 15) is 9.90 Å². The number of fused-ring (bicyclic) bond motifs is 2. The number of carbonyl (C=O) groups is 1. The average Bonchev–Trinajstić information content (AvgIpc) is 2.98. The minimum absolute atomic E-state index is 0.168. The van der Waals surface area contributed by atoms with Gasteiger partial charge in [0.25, 0.3) is 0 Å². The molecule has 128 valence electrons. The van der Waals surface area contributed by atoms with Gasteiger partial charge in [-0.05, 0) is 43.9 Å². The van der Waals surface area contributed by atoms with E-state index in [-0.39, 0.29) is 11.8 Å². The molecule has 1 aliphatic heterocycles. The zero-order valence-corrected chi connectivity index (χ0v) is 14.4. The number of likely N-dealkylation sites (tertiary alicyclic amines) is 1. The van der Waals surface area contributed by atoms with Gasteiger partial charge in [0.15, 0.2) is 0 Å². The summed E-state index contributed by atoms with van der Waals surface area (Å²) in [7, 11) is 0. The van der Waals surface area contributed by atoms with Crippen LogP contribution in [0.1, 0.15) is 37.7 Å². The Kier molecular flexibility index (Phi) is 3.87. The Morgan fingerprint density at radius 3 is 3.04 bits per heavy atom. The lowest BCUT2D eigenvalue weighted by molar-refractivity contribution is -0.143. The predicted octanol–water partition coefficient (Wildman–Crippen LogP) is 3.10. The highest BCUT2D eigenvalue weighted by Gasteiger charge is 2.43. The number of aromatic nitrogens is 1. The van der Waals surface area contributed by atoms with Crippen LogP contribution in [0.2, 0.25) is 0 Å². The van der Waals surface area contributed by atoms with Gasteiger partial charge in [-0.1, -0.05) is 25.0 Å². The topological polar surface area (TPSA) is 45.5 Å². The first kappa shape index (κ1) is 15.7. The quantitative estimate of drug-likeness (QED) is 0.922. The Hall–Kier alpha value is -1.81. The van der Waals surface area contributed by atoms with Crippen molar-refractivity contribution in [1.82, 2.24) is 9.47 Å². The van der Waals surface area contributed by atoms with Crippen molar-refractivity contribution in [2.24, 2.45) is 5.92 Å². The molecule has 2 aromatic rings. The molecule has 4 heteroatoms. The van der Waals surface area contributed by atoms with Gasteiger partial charge < -0.3 is 14.6 Å². The predicted molar refractivity (Wildman–Crippen MR) is 94.8 cm³/mol. The fourth-order valence-electron chi connectivity index (χ4n) is 4.56. The molecule has 1 aromatic heterocycles. The monoisotopic (exact) mass is 326 g/mol. The summed E-state index contributed by atoms with van der Waals surface area (Å²) in [6.07, 6.45) is 6.99. The molecule has 2 fully saturated rings. The first-order valence-electron chi connectivity index (χ1n) is 9.11. The zero-order chi connectivity index (χ0) is 16.7. The van der Waals surface area contributed by atoms with Crippen molar-refractivity contribution in [3.8, 4) is 0 Å². The summed E-state index contributed by atoms with van der Waals surface area (Å²) in [6, 6.07) is 8.31. The molecular formula is C20H26N2O2. The number of nitrogens with zero attached hydrogens (tertiary/aromatic N) is 2. The Balaban J connectivity index is 1.49. The van der Waals surface area contributed by atoms with Gasteiger partial charge in [0, 0.05) is 36.1 Å². The number of aliphatic hydroxyl groups is 1. The summed E-state index contributed by atoms with van der Waals surface area (Å²) in [6.45, 7) is 3.89. The molecule has 1 aromatic carbocycles. The molecule has 0 spiro atoms. The van der Waals surface area contributed by atoms with E-state index >= 15 is 0 Å². The van der Waals surface area contributed by atoms with Crippen molar-refractivity contribution in [3.05, 3.63) is 36.0 Å². The van der Waals surface area contributed by atoms with Crippen LogP contribution in [-0.2, 0) is 11.3 Å². The van der Waals surface area contributed by atoms with Crippen LogP contribution in [0.3, 0.4) is 0 Å². The van der Waals surface area contributed by atoms with E-state index in [0.29, 0.717) is 19.6 Å². The smallest absolute Gasteiger partial charge is 0.242 e. The maximum absolute atomic E-state index is 12.8. The van der Waals surface area contributed by atoms with Gasteiger partial charge in [-0.25, -0.2) is 0 Å². The number of hydrogen-bond acceptors (Lipinski definition) is 2. The van der Waals surface area contributed by atoms with Crippen molar-refractivity contribution in [2.45, 2.75) is 51.2 Å². The number of piperidine rings is 1. The van der Waals surface area contributed by atoms with Gasteiger partial charge in [-0.2, -0.15) is 0 Å². The Morgan fingerprint density at radius 1 is 1.29 bits per heavy atom. The number of carbonyl (C=O) groups excluding carboxylic acids is 1. The molecule has 1 N–H and O–H groups in total. The lowest BCUT2D eigenvalue weighted by Gasteiger charge is -2.47. The molecule has 1 saturated heterocycles. The van der Waals surface area contributed by atoms with E-state index in [1.165, 1.54) is 17.4 Å². The lowest BCUT2D eigenvalue weighted by Crippen LogP contribution is -2.55. The van der Waals surface area contributed by atoms with E-state index in [4.69, 9.17) is 0 Å². The molecule has 0 bridgehead atoms. The van der Waals surface area contributed by atoms with Gasteiger partial charge in [-0.3, -0.25) is 4.79 Å². The summed E-state index contributed by atoms with van der Waals surface area (Å²) < 4.78 is 2.05. The van der Waals surface area contributed by atoms with Crippen molar-refractivity contribution in [1.29, 1.82) is 0 Å². The summed E-state index contributed by atoms with van der Waals surface area (Å²) in [5.41, 5.74) is 1.84. The van der Waals surface area contributed by atoms with Gasteiger partial charge in [0.1, 0.15) is 6.54 Å². The SMILES string of the molecule is Cc1cccc2c1ccn2CC(=O)N1CC[C@]2(O)CCCC[C@H]2C1. The number of rotatable bonds is 2. The van der Waals surface area contributed by atoms with E-state index < -0.39 is 5.60 Å². The van der Waals surface area contributed by atoms with Crippen LogP contribution in [0.5, 0.6) is 0 Å². The molecule has 0 unspecified atom stereocenters. The highest BCUT2D eigenvalue weighted by Crippen LogP contribution is 2.39. The summed E-state index contributed by atoms with van der Waals surface area (Å²) in [5, 5.41) is 12.0. The molecule has 2 aliphatic rings. The first-order valence-corrected chi connectivity index (χ1v) is 9.11. The molecule has 24 heavy (non-hydrogen) atoms. The largest absolute Gasteiger partial charge is 0.389 e. The molecule has 4 rings (SSSR count). The summed E-state index contributed by atoms with van der Waals surface area (Å²) >= 11 is 0. The van der Waals surface area contributed by atoms with Crippen LogP contribution >= 0.6 is 0 Å². The van der Waals surface area contributed by atoms with Crippen molar-refractivity contribution >= 4 is 16.8 Å². The molecule has 1 aliphatic carbocycles. The standard InChI is InChI=1S/C20H26N2O2/c1-15-5-4-7-18-17(15)8-11-21(18)14-19(23)22-12-10-20(24)9-3-2-6-16(20)13-22/h4-5,7-8,11,16,24H,2-3,6,9-10,12-14H2,1H3/t16-,20+/m0/s1. The van der Waals surface area contributed by atoms with Crippen LogP contribution < -0.4 is 0 Å². The highest BCUT2D eigenvalue weighted by molar-refractivity contribution is 5.85. The van der Waals surface area contributed by atoms with E-state index in [1.54, 1.807) is 0 Å². The van der Waals surface area contributed by atoms with Crippen LogP contribution in [-0.4, -0.2) is 39.2 Å². The van der Waals surface area contributed by atoms with E-state index in [1.807, 2.05) is 21.7 Å². The van der Waals surface area contributed by atoms with Gasteiger partial charge in [0.05, 0.1) is 5.60 Å². The zero-order valence-electron chi connectivity index (χ0n) is 14.4. The third-order valence-electron chi connectivity index (χ3n) is 6.12. The molecule has 0 radical (unpaired) electrons. The molecule has 1 amide bonds. The minimum Gasteiger partial charge on any atom is -0.389 e. The number of amides is 1. The lowest BCUT2D eigenvalue weighted by atomic mass is 9.71. The van der Waals surface area contributed by atoms with Crippen LogP contribution in [0, 0.1) is 12.8 Å². The minimum atomic E-state index is -0.522. The molecule has 4 nitrogen and oxygen atoms in total. The van der Waals surface area contributed by atoms with Crippen LogP contribution in [0.15, 0.2) is 30.5 Å². The van der Waals surface area contributed by atoms with Crippen molar-refractivity contribution < 1.29 is 9.90 Å². The Morgan fingerprint density at radius 2 is 2.17 bits per heavy atom. The second-order valence-corrected chi connectivity index (χ2v) is 7.59. The van der Waals surface area contributed by atoms with Crippen molar-refractivity contribution in [2.75, 3.05) is 13.1 Å².